The maximum absolute atomic E-state index is 13.0. The van der Waals surface area contributed by atoms with E-state index in [1.807, 2.05) is 17.5 Å². The summed E-state index contributed by atoms with van der Waals surface area (Å²) in [5.74, 6) is -2.48. The molecule has 2 aromatic rings. The molecule has 0 saturated heterocycles. The number of benzene rings is 1. The molecule has 0 unspecified atom stereocenters. The topological polar surface area (TPSA) is 92.7 Å². The first-order valence-electron chi connectivity index (χ1n) is 11.8. The molecule has 1 heterocycles. The number of thiophene rings is 1. The molecule has 1 aromatic heterocycles. The van der Waals surface area contributed by atoms with Gasteiger partial charge in [-0.1, -0.05) is 56.4 Å². The molecule has 0 bridgehead atoms. The summed E-state index contributed by atoms with van der Waals surface area (Å²) in [4.78, 5) is 37.3. The van der Waals surface area contributed by atoms with Crippen LogP contribution in [-0.4, -0.2) is 30.1 Å². The molecule has 176 valence electrons. The van der Waals surface area contributed by atoms with Crippen LogP contribution >= 0.6 is 11.3 Å². The highest BCUT2D eigenvalue weighted by Crippen LogP contribution is 2.39. The number of hydrogen-bond donors (Lipinski definition) is 2. The highest BCUT2D eigenvalue weighted by atomic mass is 32.1. The Hall–Kier alpha value is -2.67. The standard InChI is InChI=1S/C26H31NO5S/c1-32-26(31)22-21(18-13-11-17(12-14-18)16-7-3-2-4-8-16)15-33-24(22)27-23(28)19-9-5-6-10-20(19)25(29)30/h11-16,19-20H,2-10H2,1H3,(H,27,28)(H,29,30)/t19-,20-/m0/s1. The van der Waals surface area contributed by atoms with Crippen LogP contribution in [0.15, 0.2) is 29.6 Å². The van der Waals surface area contributed by atoms with Crippen LogP contribution in [0.25, 0.3) is 11.1 Å². The fraction of sp³-hybridized carbons (Fsp3) is 0.500. The number of ether oxygens (including phenoxy) is 1. The summed E-state index contributed by atoms with van der Waals surface area (Å²) in [6.07, 6.45) is 8.99. The van der Waals surface area contributed by atoms with Crippen molar-refractivity contribution in [2.45, 2.75) is 63.7 Å². The number of methoxy groups -OCH3 is 1. The number of anilines is 1. The molecule has 2 N–H and O–H groups in total. The van der Waals surface area contributed by atoms with Crippen LogP contribution in [0.2, 0.25) is 0 Å². The van der Waals surface area contributed by atoms with Crippen molar-refractivity contribution in [2.24, 2.45) is 11.8 Å². The van der Waals surface area contributed by atoms with Crippen LogP contribution in [0.1, 0.15) is 79.6 Å². The van der Waals surface area contributed by atoms with Crippen molar-refractivity contribution in [2.75, 3.05) is 12.4 Å². The highest BCUT2D eigenvalue weighted by molar-refractivity contribution is 7.15. The third kappa shape index (κ3) is 5.13. The number of rotatable bonds is 6. The summed E-state index contributed by atoms with van der Waals surface area (Å²) >= 11 is 1.27. The number of carbonyl (C=O) groups is 3. The SMILES string of the molecule is COC(=O)c1c(-c2ccc(C3CCCCC3)cc2)csc1NC(=O)[C@H]1CCCC[C@@H]1C(=O)O. The Balaban J connectivity index is 1.58. The lowest BCUT2D eigenvalue weighted by Gasteiger charge is -2.27. The van der Waals surface area contributed by atoms with Crippen LogP contribution in [0.3, 0.4) is 0 Å². The van der Waals surface area contributed by atoms with Crippen LogP contribution < -0.4 is 5.32 Å². The van der Waals surface area contributed by atoms with Crippen molar-refractivity contribution in [3.8, 4) is 11.1 Å². The second-order valence-corrected chi connectivity index (χ2v) is 10.0. The quantitative estimate of drug-likeness (QED) is 0.500. The van der Waals surface area contributed by atoms with Crippen LogP contribution in [0.5, 0.6) is 0 Å². The molecule has 2 aliphatic rings. The Labute approximate surface area is 198 Å². The van der Waals surface area contributed by atoms with E-state index in [0.717, 1.165) is 24.0 Å². The van der Waals surface area contributed by atoms with Gasteiger partial charge in [0.25, 0.3) is 0 Å². The normalized spacial score (nSPS) is 21.4. The van der Waals surface area contributed by atoms with Gasteiger partial charge in [0.2, 0.25) is 5.91 Å². The van der Waals surface area contributed by atoms with Gasteiger partial charge in [0, 0.05) is 10.9 Å². The minimum atomic E-state index is -0.937. The lowest BCUT2D eigenvalue weighted by Crippen LogP contribution is -2.36. The Morgan fingerprint density at radius 1 is 0.939 bits per heavy atom. The summed E-state index contributed by atoms with van der Waals surface area (Å²) in [5, 5.41) is 14.6. The van der Waals surface area contributed by atoms with Gasteiger partial charge in [-0.3, -0.25) is 9.59 Å². The molecule has 0 spiro atoms. The van der Waals surface area contributed by atoms with Crippen LogP contribution in [0, 0.1) is 11.8 Å². The first kappa shape index (κ1) is 23.5. The maximum Gasteiger partial charge on any atom is 0.341 e. The number of aliphatic carboxylic acids is 1. The second-order valence-electron chi connectivity index (χ2n) is 9.13. The zero-order valence-corrected chi connectivity index (χ0v) is 19.8. The van der Waals surface area contributed by atoms with E-state index in [0.29, 0.717) is 29.3 Å². The van der Waals surface area contributed by atoms with E-state index >= 15 is 0 Å². The highest BCUT2D eigenvalue weighted by Gasteiger charge is 2.36. The fourth-order valence-electron chi connectivity index (χ4n) is 5.28. The molecule has 2 atom stereocenters. The molecule has 33 heavy (non-hydrogen) atoms. The van der Waals surface area contributed by atoms with E-state index in [2.05, 4.69) is 17.4 Å². The van der Waals surface area contributed by atoms with Crippen molar-refractivity contribution in [3.05, 3.63) is 40.8 Å². The molecule has 0 radical (unpaired) electrons. The van der Waals surface area contributed by atoms with Crippen molar-refractivity contribution in [3.63, 3.8) is 0 Å². The summed E-state index contributed by atoms with van der Waals surface area (Å²) in [6.45, 7) is 0. The molecule has 1 aromatic carbocycles. The number of amides is 1. The van der Waals surface area contributed by atoms with Gasteiger partial charge in [-0.2, -0.15) is 0 Å². The minimum absolute atomic E-state index is 0.323. The van der Waals surface area contributed by atoms with Crippen molar-refractivity contribution >= 4 is 34.2 Å². The molecular weight excluding hydrogens is 438 g/mol. The van der Waals surface area contributed by atoms with E-state index in [1.165, 1.54) is 56.1 Å². The first-order valence-corrected chi connectivity index (χ1v) is 12.7. The van der Waals surface area contributed by atoms with Gasteiger partial charge in [0.05, 0.1) is 18.9 Å². The van der Waals surface area contributed by atoms with E-state index in [9.17, 15) is 19.5 Å². The van der Waals surface area contributed by atoms with Crippen LogP contribution in [-0.2, 0) is 14.3 Å². The van der Waals surface area contributed by atoms with Gasteiger partial charge in [-0.15, -0.1) is 11.3 Å². The van der Waals surface area contributed by atoms with Crippen LogP contribution in [0.4, 0.5) is 5.00 Å². The fourth-order valence-corrected chi connectivity index (χ4v) is 6.24. The Morgan fingerprint density at radius 3 is 2.21 bits per heavy atom. The lowest BCUT2D eigenvalue weighted by molar-refractivity contribution is -0.147. The van der Waals surface area contributed by atoms with Gasteiger partial charge in [0.1, 0.15) is 10.6 Å². The Bertz CT molecular complexity index is 1010. The number of nitrogens with one attached hydrogen (secondary N) is 1. The summed E-state index contributed by atoms with van der Waals surface area (Å²) in [7, 11) is 1.32. The molecule has 2 aliphatic carbocycles. The van der Waals surface area contributed by atoms with Crippen molar-refractivity contribution in [1.29, 1.82) is 0 Å². The summed E-state index contributed by atoms with van der Waals surface area (Å²) in [6, 6.07) is 8.35. The number of carboxylic acids is 1. The molecule has 0 aliphatic heterocycles. The Morgan fingerprint density at radius 2 is 1.58 bits per heavy atom. The monoisotopic (exact) mass is 469 g/mol. The van der Waals surface area contributed by atoms with Crippen molar-refractivity contribution < 1.29 is 24.2 Å². The second kappa shape index (κ2) is 10.5. The van der Waals surface area contributed by atoms with E-state index < -0.39 is 23.8 Å². The molecular formula is C26H31NO5S. The van der Waals surface area contributed by atoms with E-state index in [-0.39, 0.29) is 5.91 Å². The molecule has 1 amide bonds. The predicted octanol–water partition coefficient (Wildman–Crippen LogP) is 6.08. The number of carbonyl (C=O) groups excluding carboxylic acids is 2. The van der Waals surface area contributed by atoms with Gasteiger partial charge < -0.3 is 15.2 Å². The first-order chi connectivity index (χ1) is 16.0. The molecule has 2 saturated carbocycles. The molecule has 2 fully saturated rings. The van der Waals surface area contributed by atoms with Gasteiger partial charge in [-0.25, -0.2) is 4.79 Å². The molecule has 6 nitrogen and oxygen atoms in total. The van der Waals surface area contributed by atoms with Crippen molar-refractivity contribution in [1.82, 2.24) is 0 Å². The average Bonchev–Trinajstić information content (AvgIpc) is 3.27. The summed E-state index contributed by atoms with van der Waals surface area (Å²) in [5.41, 5.74) is 3.27. The minimum Gasteiger partial charge on any atom is -0.481 e. The predicted molar refractivity (Wildman–Crippen MR) is 129 cm³/mol. The average molecular weight is 470 g/mol. The number of esters is 1. The third-order valence-corrected chi connectivity index (χ3v) is 8.03. The summed E-state index contributed by atoms with van der Waals surface area (Å²) < 4.78 is 5.03. The van der Waals surface area contributed by atoms with Gasteiger partial charge in [-0.05, 0) is 42.7 Å². The largest absolute Gasteiger partial charge is 0.481 e. The van der Waals surface area contributed by atoms with E-state index in [4.69, 9.17) is 4.74 Å². The lowest BCUT2D eigenvalue weighted by atomic mass is 9.78. The maximum atomic E-state index is 13.0. The smallest absolute Gasteiger partial charge is 0.341 e. The Kier molecular flexibility index (Phi) is 7.48. The zero-order chi connectivity index (χ0) is 23.4. The van der Waals surface area contributed by atoms with E-state index in [1.54, 1.807) is 0 Å². The third-order valence-electron chi connectivity index (χ3n) is 7.14. The molecule has 7 heteroatoms. The van der Waals surface area contributed by atoms with Gasteiger partial charge in [0.15, 0.2) is 0 Å². The number of carboxylic acid groups (broad SMARTS) is 1. The molecule has 4 rings (SSSR count). The van der Waals surface area contributed by atoms with Gasteiger partial charge >= 0.3 is 11.9 Å². The zero-order valence-electron chi connectivity index (χ0n) is 19.0. The number of hydrogen-bond acceptors (Lipinski definition) is 5.